The minimum Gasteiger partial charge on any atom is -0.395 e. The summed E-state index contributed by atoms with van der Waals surface area (Å²) in [5.74, 6) is -0.898. The van der Waals surface area contributed by atoms with Gasteiger partial charge in [-0.3, -0.25) is 4.79 Å². The molecule has 1 aromatic carbocycles. The lowest BCUT2D eigenvalue weighted by molar-refractivity contribution is 0.0937. The van der Waals surface area contributed by atoms with Gasteiger partial charge in [0.2, 0.25) is 0 Å². The average Bonchev–Trinajstić information content (AvgIpc) is 2.86. The van der Waals surface area contributed by atoms with Gasteiger partial charge >= 0.3 is 0 Å². The van der Waals surface area contributed by atoms with Gasteiger partial charge < -0.3 is 15.4 Å². The predicted molar refractivity (Wildman–Crippen MR) is 77.4 cm³/mol. The third-order valence-electron chi connectivity index (χ3n) is 3.13. The van der Waals surface area contributed by atoms with Crippen LogP contribution in [0.3, 0.4) is 0 Å². The van der Waals surface area contributed by atoms with Crippen molar-refractivity contribution in [2.45, 2.75) is 18.2 Å². The number of aliphatic hydroxyl groups is 1. The number of fused-ring (bicyclic) bond motifs is 1. The number of aliphatic hydroxyl groups excluding tert-OH is 1. The molecule has 2 atom stereocenters. The molecule has 0 bridgehead atoms. The summed E-state index contributed by atoms with van der Waals surface area (Å²) >= 11 is 1.46. The molecule has 1 aromatic heterocycles. The van der Waals surface area contributed by atoms with E-state index >= 15 is 0 Å². The normalized spacial score (nSPS) is 14.2. The van der Waals surface area contributed by atoms with Gasteiger partial charge in [0.25, 0.3) is 5.91 Å². The van der Waals surface area contributed by atoms with Gasteiger partial charge in [0.15, 0.2) is 0 Å². The fraction of sp³-hybridized carbons (Fsp3) is 0.385. The number of nitrogens with one attached hydrogen (secondary N) is 2. The monoisotopic (exact) mass is 297 g/mol. The number of imidazole rings is 1. The minimum absolute atomic E-state index is 0.0381. The van der Waals surface area contributed by atoms with E-state index in [0.717, 1.165) is 6.07 Å². The number of carbonyl (C=O) groups is 1. The molecule has 5 nitrogen and oxygen atoms in total. The van der Waals surface area contributed by atoms with Gasteiger partial charge in [0.05, 0.1) is 24.0 Å². The third-order valence-corrected chi connectivity index (χ3v) is 4.29. The maximum atomic E-state index is 13.5. The lowest BCUT2D eigenvalue weighted by Gasteiger charge is -2.21. The highest BCUT2D eigenvalue weighted by molar-refractivity contribution is 7.99. The van der Waals surface area contributed by atoms with Crippen LogP contribution in [-0.2, 0) is 0 Å². The summed E-state index contributed by atoms with van der Waals surface area (Å²) in [6.45, 7) is 1.76. The summed E-state index contributed by atoms with van der Waals surface area (Å²) in [4.78, 5) is 19.0. The number of hydrogen-bond acceptors (Lipinski definition) is 4. The standard InChI is InChI=1S/C13H16FN3O2S/c1-7(11(5-18)20-2)17-13(19)9-3-8(14)4-10-12(9)16-6-15-10/h3-4,6-7,11,18H,5H2,1-2H3,(H,15,16)(H,17,19). The molecule has 0 aliphatic heterocycles. The van der Waals surface area contributed by atoms with Crippen LogP contribution < -0.4 is 5.32 Å². The molecule has 0 saturated heterocycles. The molecule has 7 heteroatoms. The zero-order chi connectivity index (χ0) is 14.7. The molecule has 2 rings (SSSR count). The van der Waals surface area contributed by atoms with Gasteiger partial charge in [-0.2, -0.15) is 11.8 Å². The van der Waals surface area contributed by atoms with Crippen LogP contribution in [0.15, 0.2) is 18.5 Å². The highest BCUT2D eigenvalue weighted by atomic mass is 32.2. The topological polar surface area (TPSA) is 78.0 Å². The van der Waals surface area contributed by atoms with Crippen LogP contribution in [0.5, 0.6) is 0 Å². The van der Waals surface area contributed by atoms with Crippen LogP contribution in [0, 0.1) is 5.82 Å². The van der Waals surface area contributed by atoms with Crippen molar-refractivity contribution in [1.82, 2.24) is 15.3 Å². The summed E-state index contributed by atoms with van der Waals surface area (Å²) in [6.07, 6.45) is 3.28. The number of rotatable bonds is 5. The molecule has 2 unspecified atom stereocenters. The van der Waals surface area contributed by atoms with Gasteiger partial charge in [0, 0.05) is 11.3 Å². The molecule has 1 amide bonds. The van der Waals surface area contributed by atoms with Gasteiger partial charge in [-0.25, -0.2) is 9.37 Å². The van der Waals surface area contributed by atoms with Crippen molar-refractivity contribution in [3.8, 4) is 0 Å². The van der Waals surface area contributed by atoms with Crippen molar-refractivity contribution in [3.63, 3.8) is 0 Å². The van der Waals surface area contributed by atoms with E-state index in [1.165, 1.54) is 24.2 Å². The van der Waals surface area contributed by atoms with Crippen molar-refractivity contribution in [2.24, 2.45) is 0 Å². The van der Waals surface area contributed by atoms with Gasteiger partial charge in [-0.15, -0.1) is 0 Å². The fourth-order valence-corrected chi connectivity index (χ4v) is 2.63. The quantitative estimate of drug-likeness (QED) is 0.782. The highest BCUT2D eigenvalue weighted by Gasteiger charge is 2.20. The molecule has 0 fully saturated rings. The van der Waals surface area contributed by atoms with Gasteiger partial charge in [-0.05, 0) is 25.3 Å². The first-order valence-corrected chi connectivity index (χ1v) is 7.42. The zero-order valence-electron chi connectivity index (χ0n) is 11.2. The summed E-state index contributed by atoms with van der Waals surface area (Å²) < 4.78 is 13.5. The highest BCUT2D eigenvalue weighted by Crippen LogP contribution is 2.18. The van der Waals surface area contributed by atoms with Crippen molar-refractivity contribution < 1.29 is 14.3 Å². The Morgan fingerprint density at radius 2 is 2.35 bits per heavy atom. The Morgan fingerprint density at radius 1 is 1.60 bits per heavy atom. The van der Waals surface area contributed by atoms with Crippen LogP contribution in [0.25, 0.3) is 11.0 Å². The smallest absolute Gasteiger partial charge is 0.253 e. The number of hydrogen-bond donors (Lipinski definition) is 3. The van der Waals surface area contributed by atoms with Crippen molar-refractivity contribution in [1.29, 1.82) is 0 Å². The van der Waals surface area contributed by atoms with Crippen LogP contribution in [0.1, 0.15) is 17.3 Å². The number of thioether (sulfide) groups is 1. The molecule has 3 N–H and O–H groups in total. The maximum absolute atomic E-state index is 13.5. The van der Waals surface area contributed by atoms with E-state index < -0.39 is 11.7 Å². The lowest BCUT2D eigenvalue weighted by atomic mass is 10.1. The molecular weight excluding hydrogens is 281 g/mol. The second kappa shape index (κ2) is 6.23. The molecule has 0 aliphatic carbocycles. The summed E-state index contributed by atoms with van der Waals surface area (Å²) in [6, 6.07) is 2.22. The third kappa shape index (κ3) is 2.94. The van der Waals surface area contributed by atoms with E-state index in [1.54, 1.807) is 6.92 Å². The molecule has 1 heterocycles. The van der Waals surface area contributed by atoms with E-state index in [1.807, 2.05) is 6.26 Å². The Balaban J connectivity index is 2.25. The van der Waals surface area contributed by atoms with E-state index in [9.17, 15) is 14.3 Å². The average molecular weight is 297 g/mol. The van der Waals surface area contributed by atoms with Gasteiger partial charge in [0.1, 0.15) is 11.3 Å². The van der Waals surface area contributed by atoms with E-state index in [0.29, 0.717) is 11.0 Å². The van der Waals surface area contributed by atoms with Crippen LogP contribution in [0.4, 0.5) is 4.39 Å². The van der Waals surface area contributed by atoms with Crippen molar-refractivity contribution >= 4 is 28.7 Å². The summed E-state index contributed by atoms with van der Waals surface area (Å²) in [5.41, 5.74) is 1.10. The van der Waals surface area contributed by atoms with E-state index in [4.69, 9.17) is 0 Å². The number of benzene rings is 1. The Kier molecular flexibility index (Phi) is 4.61. The molecule has 108 valence electrons. The predicted octanol–water partition coefficient (Wildman–Crippen LogP) is 1.54. The summed E-state index contributed by atoms with van der Waals surface area (Å²) in [5, 5.41) is 11.9. The first-order valence-electron chi connectivity index (χ1n) is 6.14. The minimum atomic E-state index is -0.497. The molecule has 20 heavy (non-hydrogen) atoms. The SMILES string of the molecule is CSC(CO)C(C)NC(=O)c1cc(F)cc2[nH]cnc12. The molecule has 2 aromatic rings. The number of halogens is 1. The largest absolute Gasteiger partial charge is 0.395 e. The second-order valence-corrected chi connectivity index (χ2v) is 5.55. The number of carbonyl (C=O) groups excluding carboxylic acids is 1. The zero-order valence-corrected chi connectivity index (χ0v) is 12.0. The Hall–Kier alpha value is -1.60. The Bertz CT molecular complexity index is 613. The first-order chi connectivity index (χ1) is 9.56. The fourth-order valence-electron chi connectivity index (χ4n) is 2.00. The number of amides is 1. The molecule has 0 radical (unpaired) electrons. The number of aromatic amines is 1. The van der Waals surface area contributed by atoms with Crippen molar-refractivity contribution in [2.75, 3.05) is 12.9 Å². The van der Waals surface area contributed by atoms with Crippen LogP contribution >= 0.6 is 11.8 Å². The Labute approximate surface area is 120 Å². The second-order valence-electron chi connectivity index (χ2n) is 4.47. The molecular formula is C13H16FN3O2S. The molecule has 0 spiro atoms. The van der Waals surface area contributed by atoms with E-state index in [-0.39, 0.29) is 23.5 Å². The first kappa shape index (κ1) is 14.8. The molecule has 0 saturated carbocycles. The van der Waals surface area contributed by atoms with E-state index in [2.05, 4.69) is 15.3 Å². The van der Waals surface area contributed by atoms with Crippen LogP contribution in [-0.4, -0.2) is 45.1 Å². The van der Waals surface area contributed by atoms with Crippen molar-refractivity contribution in [3.05, 3.63) is 29.8 Å². The maximum Gasteiger partial charge on any atom is 0.253 e. The number of nitrogens with zero attached hydrogens (tertiary/aromatic N) is 1. The Morgan fingerprint density at radius 3 is 3.00 bits per heavy atom. The lowest BCUT2D eigenvalue weighted by Crippen LogP contribution is -2.41. The van der Waals surface area contributed by atoms with Gasteiger partial charge in [-0.1, -0.05) is 0 Å². The molecule has 0 aliphatic rings. The number of aromatic nitrogens is 2. The summed E-state index contributed by atoms with van der Waals surface area (Å²) in [7, 11) is 0. The number of H-pyrrole nitrogens is 1. The van der Waals surface area contributed by atoms with Crippen LogP contribution in [0.2, 0.25) is 0 Å².